The summed E-state index contributed by atoms with van der Waals surface area (Å²) in [4.78, 5) is 21.3. The number of hydrogen-bond donors (Lipinski definition) is 2. The fourth-order valence-electron chi connectivity index (χ4n) is 2.46. The second-order valence-corrected chi connectivity index (χ2v) is 6.85. The van der Waals surface area contributed by atoms with Crippen LogP contribution >= 0.6 is 22.9 Å². The molecule has 6 nitrogen and oxygen atoms in total. The molecule has 0 atom stereocenters. The van der Waals surface area contributed by atoms with Crippen LogP contribution in [0.15, 0.2) is 43.0 Å². The number of aryl methyl sites for hydroxylation is 1. The van der Waals surface area contributed by atoms with Crippen molar-refractivity contribution in [3.63, 3.8) is 0 Å². The molecule has 0 unspecified atom stereocenters. The number of nitrogen functional groups attached to an aromatic ring is 1. The maximum atomic E-state index is 6.47. The van der Waals surface area contributed by atoms with Crippen LogP contribution in [-0.2, 0) is 0 Å². The topological polar surface area (TPSA) is 93.4 Å². The molecule has 8 heteroatoms. The van der Waals surface area contributed by atoms with Crippen LogP contribution in [0.1, 0.15) is 5.56 Å². The molecule has 0 fully saturated rings. The molecule has 1 aromatic carbocycles. The van der Waals surface area contributed by atoms with E-state index < -0.39 is 0 Å². The molecule has 124 valence electrons. The first-order valence-electron chi connectivity index (χ1n) is 7.47. The first-order chi connectivity index (χ1) is 12.1. The Balaban J connectivity index is 1.93. The summed E-state index contributed by atoms with van der Waals surface area (Å²) >= 11 is 7.94. The van der Waals surface area contributed by atoms with Gasteiger partial charge >= 0.3 is 0 Å². The van der Waals surface area contributed by atoms with Crippen LogP contribution in [0, 0.1) is 6.92 Å². The maximum absolute atomic E-state index is 6.47. The third-order valence-electron chi connectivity index (χ3n) is 3.63. The zero-order chi connectivity index (χ0) is 17.4. The Labute approximate surface area is 152 Å². The lowest BCUT2D eigenvalue weighted by molar-refractivity contribution is 1.17. The highest BCUT2D eigenvalue weighted by molar-refractivity contribution is 7.18. The van der Waals surface area contributed by atoms with Crippen molar-refractivity contribution in [3.8, 4) is 32.7 Å². The van der Waals surface area contributed by atoms with Crippen LogP contribution in [0.2, 0.25) is 5.02 Å². The number of aromatic nitrogens is 5. The summed E-state index contributed by atoms with van der Waals surface area (Å²) in [5.41, 5.74) is 9.14. The number of thiazole rings is 1. The summed E-state index contributed by atoms with van der Waals surface area (Å²) < 4.78 is 0. The van der Waals surface area contributed by atoms with Gasteiger partial charge in [-0.2, -0.15) is 0 Å². The Bertz CT molecular complexity index is 1040. The molecule has 0 amide bonds. The van der Waals surface area contributed by atoms with Gasteiger partial charge in [-0.25, -0.2) is 19.9 Å². The van der Waals surface area contributed by atoms with Crippen molar-refractivity contribution in [2.75, 3.05) is 5.73 Å². The van der Waals surface area contributed by atoms with Gasteiger partial charge in [0, 0.05) is 24.0 Å². The fraction of sp³-hybridized carbons (Fsp3) is 0.0588. The lowest BCUT2D eigenvalue weighted by Crippen LogP contribution is -1.92. The Hall–Kier alpha value is -2.77. The summed E-state index contributed by atoms with van der Waals surface area (Å²) in [6, 6.07) is 7.60. The average Bonchev–Trinajstić information content (AvgIpc) is 3.24. The second kappa shape index (κ2) is 6.27. The average molecular weight is 369 g/mol. The summed E-state index contributed by atoms with van der Waals surface area (Å²) in [5, 5.41) is 1.37. The molecule has 3 aromatic heterocycles. The molecule has 0 bridgehead atoms. The Morgan fingerprint density at radius 3 is 2.76 bits per heavy atom. The molecule has 4 rings (SSSR count). The van der Waals surface area contributed by atoms with E-state index in [4.69, 9.17) is 22.3 Å². The van der Waals surface area contributed by atoms with Gasteiger partial charge in [0.15, 0.2) is 0 Å². The number of H-pyrrole nitrogens is 1. The van der Waals surface area contributed by atoms with E-state index in [0.29, 0.717) is 16.5 Å². The van der Waals surface area contributed by atoms with Crippen LogP contribution in [0.3, 0.4) is 0 Å². The predicted octanol–water partition coefficient (Wildman–Crippen LogP) is 4.20. The van der Waals surface area contributed by atoms with Crippen molar-refractivity contribution >= 4 is 28.8 Å². The van der Waals surface area contributed by atoms with E-state index in [9.17, 15) is 0 Å². The Morgan fingerprint density at radius 1 is 1.16 bits per heavy atom. The van der Waals surface area contributed by atoms with Crippen LogP contribution in [0.5, 0.6) is 0 Å². The molecule has 25 heavy (non-hydrogen) atoms. The van der Waals surface area contributed by atoms with Crippen LogP contribution < -0.4 is 5.73 Å². The molecule has 0 spiro atoms. The lowest BCUT2D eigenvalue weighted by atomic mass is 10.1. The van der Waals surface area contributed by atoms with E-state index in [2.05, 4.69) is 19.9 Å². The maximum Gasteiger partial charge on any atom is 0.149 e. The number of imidazole rings is 1. The predicted molar refractivity (Wildman–Crippen MR) is 100 cm³/mol. The monoisotopic (exact) mass is 368 g/mol. The zero-order valence-electron chi connectivity index (χ0n) is 13.2. The van der Waals surface area contributed by atoms with Crippen LogP contribution in [0.25, 0.3) is 32.7 Å². The molecular weight excluding hydrogens is 356 g/mol. The minimum atomic E-state index is 0.398. The molecule has 3 heterocycles. The van der Waals surface area contributed by atoms with Gasteiger partial charge < -0.3 is 10.7 Å². The second-order valence-electron chi connectivity index (χ2n) is 5.45. The highest BCUT2D eigenvalue weighted by atomic mass is 35.5. The van der Waals surface area contributed by atoms with Crippen molar-refractivity contribution in [1.29, 1.82) is 0 Å². The normalized spacial score (nSPS) is 11.0. The smallest absolute Gasteiger partial charge is 0.149 e. The van der Waals surface area contributed by atoms with Gasteiger partial charge in [-0.05, 0) is 18.6 Å². The van der Waals surface area contributed by atoms with Gasteiger partial charge in [-0.3, -0.25) is 0 Å². The molecule has 4 aromatic rings. The molecule has 0 aliphatic carbocycles. The molecule has 0 saturated carbocycles. The van der Waals surface area contributed by atoms with Crippen molar-refractivity contribution in [2.45, 2.75) is 6.92 Å². The number of halogens is 1. The van der Waals surface area contributed by atoms with Gasteiger partial charge in [-0.15, -0.1) is 11.3 Å². The summed E-state index contributed by atoms with van der Waals surface area (Å²) in [5.74, 6) is 1.13. The molecule has 0 aliphatic rings. The molecular formula is C17H13ClN6S. The minimum absolute atomic E-state index is 0.398. The van der Waals surface area contributed by atoms with Gasteiger partial charge in [0.2, 0.25) is 0 Å². The van der Waals surface area contributed by atoms with Crippen molar-refractivity contribution in [3.05, 3.63) is 53.6 Å². The fourth-order valence-corrected chi connectivity index (χ4v) is 3.80. The molecule has 0 saturated heterocycles. The van der Waals surface area contributed by atoms with Gasteiger partial charge in [0.05, 0.1) is 15.6 Å². The van der Waals surface area contributed by atoms with Crippen LogP contribution in [-0.4, -0.2) is 24.9 Å². The number of aromatic amines is 1. The summed E-state index contributed by atoms with van der Waals surface area (Å²) in [6.07, 6.45) is 4.91. The van der Waals surface area contributed by atoms with Gasteiger partial charge in [0.25, 0.3) is 0 Å². The standard InChI is InChI=1S/C17H13ClN6S/c1-9-2-3-10(11(18)6-9)14-15(16-20-4-5-21-16)25-17(24-14)12-7-13(19)23-8-22-12/h2-8H,1H3,(H,20,21)(H2,19,22,23). The van der Waals surface area contributed by atoms with Gasteiger partial charge in [-0.1, -0.05) is 23.7 Å². The van der Waals surface area contributed by atoms with Crippen molar-refractivity contribution in [2.24, 2.45) is 0 Å². The number of nitrogens with one attached hydrogen (secondary N) is 1. The first kappa shape index (κ1) is 15.7. The van der Waals surface area contributed by atoms with Gasteiger partial charge in [0.1, 0.15) is 28.7 Å². The first-order valence-corrected chi connectivity index (χ1v) is 8.66. The number of anilines is 1. The zero-order valence-corrected chi connectivity index (χ0v) is 14.8. The van der Waals surface area contributed by atoms with E-state index in [1.165, 1.54) is 17.7 Å². The minimum Gasteiger partial charge on any atom is -0.384 e. The van der Waals surface area contributed by atoms with Crippen LogP contribution in [0.4, 0.5) is 5.82 Å². The highest BCUT2D eigenvalue weighted by Crippen LogP contribution is 2.41. The third-order valence-corrected chi connectivity index (χ3v) is 5.02. The highest BCUT2D eigenvalue weighted by Gasteiger charge is 2.20. The largest absolute Gasteiger partial charge is 0.384 e. The number of nitrogens with zero attached hydrogens (tertiary/aromatic N) is 4. The third kappa shape index (κ3) is 2.99. The Morgan fingerprint density at radius 2 is 2.04 bits per heavy atom. The number of benzene rings is 1. The number of nitrogens with two attached hydrogens (primary N) is 1. The summed E-state index contributed by atoms with van der Waals surface area (Å²) in [6.45, 7) is 2.00. The Kier molecular flexibility index (Phi) is 3.95. The molecule has 0 aliphatic heterocycles. The van der Waals surface area contributed by atoms with E-state index in [1.807, 2.05) is 25.1 Å². The molecule has 0 radical (unpaired) electrons. The van der Waals surface area contributed by atoms with E-state index in [-0.39, 0.29) is 0 Å². The number of hydrogen-bond acceptors (Lipinski definition) is 6. The lowest BCUT2D eigenvalue weighted by Gasteiger charge is -2.04. The van der Waals surface area contributed by atoms with Crippen molar-refractivity contribution < 1.29 is 0 Å². The van der Waals surface area contributed by atoms with E-state index in [1.54, 1.807) is 18.5 Å². The summed E-state index contributed by atoms with van der Waals surface area (Å²) in [7, 11) is 0. The van der Waals surface area contributed by atoms with Crippen molar-refractivity contribution in [1.82, 2.24) is 24.9 Å². The quantitative estimate of drug-likeness (QED) is 0.565. The van der Waals surface area contributed by atoms with E-state index in [0.717, 1.165) is 32.5 Å². The van der Waals surface area contributed by atoms with E-state index >= 15 is 0 Å². The molecule has 3 N–H and O–H groups in total. The SMILES string of the molecule is Cc1ccc(-c2nc(-c3cc(N)ncn3)sc2-c2ncc[nH]2)c(Cl)c1. The number of rotatable bonds is 3.